The molecule has 28 heavy (non-hydrogen) atoms. The number of anilines is 1. The quantitative estimate of drug-likeness (QED) is 0.516. The summed E-state index contributed by atoms with van der Waals surface area (Å²) in [5, 5.41) is 2.23. The molecule has 1 heterocycles. The molecule has 11 nitrogen and oxygen atoms in total. The van der Waals surface area contributed by atoms with Crippen LogP contribution in [0, 0.1) is 0 Å². The Labute approximate surface area is 162 Å². The fourth-order valence-electron chi connectivity index (χ4n) is 1.94. The molecule has 150 valence electrons. The molecule has 0 bridgehead atoms. The minimum absolute atomic E-state index is 0.133. The zero-order valence-electron chi connectivity index (χ0n) is 15.7. The molecule has 0 saturated carbocycles. The van der Waals surface area contributed by atoms with Gasteiger partial charge in [0.2, 0.25) is 17.7 Å². The minimum atomic E-state index is -4.20. The first-order chi connectivity index (χ1) is 13.2. The van der Waals surface area contributed by atoms with Gasteiger partial charge >= 0.3 is 6.03 Å². The second-order valence-corrected chi connectivity index (χ2v) is 7.16. The van der Waals surface area contributed by atoms with E-state index in [1.54, 1.807) is 25.1 Å². The lowest BCUT2D eigenvalue weighted by atomic mass is 10.3. The molecule has 0 unspecified atom stereocenters. The summed E-state index contributed by atoms with van der Waals surface area (Å²) >= 11 is 0. The van der Waals surface area contributed by atoms with E-state index in [9.17, 15) is 13.2 Å². The van der Waals surface area contributed by atoms with Gasteiger partial charge < -0.3 is 14.4 Å². The molecule has 0 spiro atoms. The number of rotatable bonds is 7. The predicted octanol–water partition coefficient (Wildman–Crippen LogP) is 1.23. The fourth-order valence-corrected chi connectivity index (χ4v) is 3.00. The Bertz CT molecular complexity index is 955. The van der Waals surface area contributed by atoms with E-state index in [1.807, 2.05) is 4.72 Å². The van der Waals surface area contributed by atoms with Crippen LogP contribution in [0.25, 0.3) is 0 Å². The van der Waals surface area contributed by atoms with Gasteiger partial charge in [-0.1, -0.05) is 12.1 Å². The maximum Gasteiger partial charge on any atom is 0.335 e. The molecule has 0 atom stereocenters. The topological polar surface area (TPSA) is 135 Å². The molecule has 2 rings (SSSR count). The average molecular weight is 408 g/mol. The molecule has 0 fully saturated rings. The normalized spacial score (nSPS) is 11.1. The number of aromatic nitrogens is 2. The molecule has 1 aromatic heterocycles. The number of aliphatic imine (C=N–C) groups is 1. The number of hydrogen-bond acceptors (Lipinski definition) is 8. The molecule has 0 radical (unpaired) electrons. The zero-order chi connectivity index (χ0) is 20.7. The summed E-state index contributed by atoms with van der Waals surface area (Å²) in [6, 6.07) is 6.36. The molecular formula is C16H20N6O5S. The highest BCUT2D eigenvalue weighted by Gasteiger charge is 2.21. The number of carbonyl (C=O) groups excluding carboxylic acids is 1. The van der Waals surface area contributed by atoms with Gasteiger partial charge in [-0.05, 0) is 12.1 Å². The molecule has 0 aliphatic carbocycles. The molecule has 2 amide bonds. The van der Waals surface area contributed by atoms with Crippen LogP contribution >= 0.6 is 0 Å². The Kier molecular flexibility index (Phi) is 6.71. The Morgan fingerprint density at radius 2 is 1.75 bits per heavy atom. The van der Waals surface area contributed by atoms with Crippen LogP contribution in [-0.4, -0.2) is 64.0 Å². The largest absolute Gasteiger partial charge is 0.481 e. The molecule has 0 aliphatic rings. The Balaban J connectivity index is 2.22. The number of carbonyl (C=O) groups is 1. The van der Waals surface area contributed by atoms with Crippen molar-refractivity contribution in [1.29, 1.82) is 0 Å². The van der Waals surface area contributed by atoms with E-state index in [2.05, 4.69) is 20.3 Å². The van der Waals surface area contributed by atoms with E-state index in [0.29, 0.717) is 0 Å². The van der Waals surface area contributed by atoms with Crippen LogP contribution < -0.4 is 19.5 Å². The van der Waals surface area contributed by atoms with Crippen LogP contribution in [0.4, 0.5) is 16.4 Å². The summed E-state index contributed by atoms with van der Waals surface area (Å²) in [7, 11) is 2.04. The van der Waals surface area contributed by atoms with E-state index in [0.717, 1.165) is 0 Å². The highest BCUT2D eigenvalue weighted by atomic mass is 32.2. The second kappa shape index (κ2) is 8.99. The van der Waals surface area contributed by atoms with Crippen LogP contribution in [0.3, 0.4) is 0 Å². The van der Waals surface area contributed by atoms with Gasteiger partial charge in [-0.3, -0.25) is 5.32 Å². The van der Waals surface area contributed by atoms with E-state index in [4.69, 9.17) is 9.47 Å². The van der Waals surface area contributed by atoms with Crippen molar-refractivity contribution in [2.24, 2.45) is 4.99 Å². The number of nitrogens with zero attached hydrogens (tertiary/aromatic N) is 4. The number of benzene rings is 1. The van der Waals surface area contributed by atoms with Crippen molar-refractivity contribution < 1.29 is 22.7 Å². The third kappa shape index (κ3) is 5.54. The molecule has 2 aromatic rings. The number of urea groups is 1. The van der Waals surface area contributed by atoms with Gasteiger partial charge in [0.05, 0.1) is 32.3 Å². The summed E-state index contributed by atoms with van der Waals surface area (Å²) < 4.78 is 37.0. The minimum Gasteiger partial charge on any atom is -0.481 e. The highest BCUT2D eigenvalue weighted by molar-refractivity contribution is 7.90. The summed E-state index contributed by atoms with van der Waals surface area (Å²) in [5.41, 5.74) is 0.177. The summed E-state index contributed by atoms with van der Waals surface area (Å²) in [4.78, 5) is 25.6. The van der Waals surface area contributed by atoms with E-state index < -0.39 is 16.1 Å². The van der Waals surface area contributed by atoms with Crippen LogP contribution in [0.1, 0.15) is 0 Å². The summed E-state index contributed by atoms with van der Waals surface area (Å²) in [6.45, 7) is 0. The number of ether oxygens (including phenoxy) is 2. The van der Waals surface area contributed by atoms with E-state index in [1.165, 1.54) is 44.8 Å². The molecule has 12 heteroatoms. The van der Waals surface area contributed by atoms with Gasteiger partial charge in [0.25, 0.3) is 10.0 Å². The number of hydrogen-bond donors (Lipinski definition) is 2. The van der Waals surface area contributed by atoms with Gasteiger partial charge in [-0.2, -0.15) is 9.97 Å². The first kappa shape index (κ1) is 20.9. The van der Waals surface area contributed by atoms with Gasteiger partial charge in [0.15, 0.2) is 0 Å². The lowest BCUT2D eigenvalue weighted by Gasteiger charge is -2.11. The van der Waals surface area contributed by atoms with Crippen molar-refractivity contribution in [3.63, 3.8) is 0 Å². The SMILES string of the molecule is COc1cc(OC)nc(NC(=O)NS(=O)(=O)c2ccccc2N=CN(C)C)n1. The van der Waals surface area contributed by atoms with Crippen molar-refractivity contribution >= 4 is 34.0 Å². The van der Waals surface area contributed by atoms with Crippen molar-refractivity contribution in [2.75, 3.05) is 33.6 Å². The number of methoxy groups -OCH3 is 2. The van der Waals surface area contributed by atoms with Gasteiger partial charge in [0.1, 0.15) is 4.90 Å². The summed E-state index contributed by atoms with van der Waals surface area (Å²) in [6.07, 6.45) is 1.45. The third-order valence-electron chi connectivity index (χ3n) is 3.13. The van der Waals surface area contributed by atoms with Crippen LogP contribution in [0.5, 0.6) is 11.8 Å². The summed E-state index contributed by atoms with van der Waals surface area (Å²) in [5.74, 6) is 0.0737. The zero-order valence-corrected chi connectivity index (χ0v) is 16.5. The number of sulfonamides is 1. The molecular weight excluding hydrogens is 388 g/mol. The number of para-hydroxylation sites is 1. The number of nitrogens with one attached hydrogen (secondary N) is 2. The Morgan fingerprint density at radius 1 is 1.14 bits per heavy atom. The number of amides is 2. The average Bonchev–Trinajstić information content (AvgIpc) is 2.65. The van der Waals surface area contributed by atoms with Crippen LogP contribution in [0.15, 0.2) is 40.2 Å². The van der Waals surface area contributed by atoms with Gasteiger partial charge in [-0.15, -0.1) is 0 Å². The lowest BCUT2D eigenvalue weighted by Crippen LogP contribution is -2.35. The lowest BCUT2D eigenvalue weighted by molar-refractivity contribution is 0.256. The van der Waals surface area contributed by atoms with Gasteiger partial charge in [-0.25, -0.2) is 22.9 Å². The van der Waals surface area contributed by atoms with Crippen molar-refractivity contribution in [1.82, 2.24) is 19.6 Å². The molecule has 1 aromatic carbocycles. The standard InChI is InChI=1S/C16H20N6O5S/c1-22(2)10-17-11-7-5-6-8-12(11)28(24,25)21-16(23)20-15-18-13(26-3)9-14(19-15)27-4/h5-10H,1-4H3,(H2,18,19,20,21,23). The second-order valence-electron chi connectivity index (χ2n) is 5.51. The monoisotopic (exact) mass is 408 g/mol. The molecule has 0 aliphatic heterocycles. The predicted molar refractivity (Wildman–Crippen MR) is 103 cm³/mol. The van der Waals surface area contributed by atoms with E-state index in [-0.39, 0.29) is 28.3 Å². The van der Waals surface area contributed by atoms with E-state index >= 15 is 0 Å². The Hall–Kier alpha value is -3.41. The highest BCUT2D eigenvalue weighted by Crippen LogP contribution is 2.23. The maximum absolute atomic E-state index is 12.6. The maximum atomic E-state index is 12.6. The van der Waals surface area contributed by atoms with Crippen LogP contribution in [0.2, 0.25) is 0 Å². The van der Waals surface area contributed by atoms with Gasteiger partial charge in [0, 0.05) is 14.1 Å². The molecule has 0 saturated heterocycles. The first-order valence-electron chi connectivity index (χ1n) is 7.85. The Morgan fingerprint density at radius 3 is 2.32 bits per heavy atom. The van der Waals surface area contributed by atoms with Crippen molar-refractivity contribution in [3.05, 3.63) is 30.3 Å². The molecule has 2 N–H and O–H groups in total. The van der Waals surface area contributed by atoms with Crippen molar-refractivity contribution in [2.45, 2.75) is 4.90 Å². The van der Waals surface area contributed by atoms with Crippen molar-refractivity contribution in [3.8, 4) is 11.8 Å². The first-order valence-corrected chi connectivity index (χ1v) is 9.34. The smallest absolute Gasteiger partial charge is 0.335 e. The van der Waals surface area contributed by atoms with Crippen LogP contribution in [-0.2, 0) is 10.0 Å². The fraction of sp³-hybridized carbons (Fsp3) is 0.250. The third-order valence-corrected chi connectivity index (χ3v) is 4.51.